The van der Waals surface area contributed by atoms with Crippen LogP contribution >= 0.6 is 15.9 Å². The lowest BCUT2D eigenvalue weighted by molar-refractivity contribution is 0.342. The molecule has 0 bridgehead atoms. The fourth-order valence-corrected chi connectivity index (χ4v) is 2.12. The molecule has 1 N–H and O–H groups in total. The molecule has 0 radical (unpaired) electrons. The lowest BCUT2D eigenvalue weighted by Gasteiger charge is -2.25. The van der Waals surface area contributed by atoms with Gasteiger partial charge in [-0.05, 0) is 39.9 Å². The molecule has 0 saturated carbocycles. The highest BCUT2D eigenvalue weighted by Crippen LogP contribution is 2.24. The van der Waals surface area contributed by atoms with Gasteiger partial charge >= 0.3 is 0 Å². The van der Waals surface area contributed by atoms with Gasteiger partial charge in [0.15, 0.2) is 0 Å². The molecule has 1 rings (SSSR count). The van der Waals surface area contributed by atoms with Gasteiger partial charge in [-0.1, -0.05) is 46.1 Å². The number of pyridine rings is 1. The first-order valence-corrected chi connectivity index (χ1v) is 7.19. The van der Waals surface area contributed by atoms with Crippen LogP contribution in [-0.2, 0) is 0 Å². The van der Waals surface area contributed by atoms with Crippen molar-refractivity contribution in [3.05, 3.63) is 22.8 Å². The van der Waals surface area contributed by atoms with Crippen molar-refractivity contribution in [3.63, 3.8) is 0 Å². The van der Waals surface area contributed by atoms with Crippen molar-refractivity contribution in [3.8, 4) is 0 Å². The molecule has 0 aliphatic heterocycles. The molecule has 0 unspecified atom stereocenters. The van der Waals surface area contributed by atoms with E-state index in [0.29, 0.717) is 5.41 Å². The van der Waals surface area contributed by atoms with Crippen LogP contribution < -0.4 is 5.32 Å². The molecule has 1 aromatic heterocycles. The van der Waals surface area contributed by atoms with E-state index < -0.39 is 0 Å². The summed E-state index contributed by atoms with van der Waals surface area (Å²) in [5, 5.41) is 3.41. The van der Waals surface area contributed by atoms with E-state index in [1.165, 1.54) is 25.7 Å². The molecule has 1 heterocycles. The molecule has 2 nitrogen and oxygen atoms in total. The van der Waals surface area contributed by atoms with Gasteiger partial charge in [0.05, 0.1) is 0 Å². The molecular weight excluding hydrogens is 276 g/mol. The second-order valence-electron chi connectivity index (χ2n) is 5.32. The molecule has 0 spiro atoms. The molecule has 17 heavy (non-hydrogen) atoms. The molecular formula is C14H23BrN2. The van der Waals surface area contributed by atoms with Crippen LogP contribution in [0.5, 0.6) is 0 Å². The molecule has 0 saturated heterocycles. The number of aromatic nitrogens is 1. The summed E-state index contributed by atoms with van der Waals surface area (Å²) >= 11 is 3.38. The predicted octanol–water partition coefficient (Wildman–Crippen LogP) is 4.86. The van der Waals surface area contributed by atoms with E-state index >= 15 is 0 Å². The highest BCUT2D eigenvalue weighted by molar-refractivity contribution is 9.10. The van der Waals surface area contributed by atoms with E-state index in [2.05, 4.69) is 47.0 Å². The van der Waals surface area contributed by atoms with Gasteiger partial charge in [0, 0.05) is 6.54 Å². The summed E-state index contributed by atoms with van der Waals surface area (Å²) in [6, 6.07) is 5.95. The first-order chi connectivity index (χ1) is 8.03. The predicted molar refractivity (Wildman–Crippen MR) is 78.3 cm³/mol. The van der Waals surface area contributed by atoms with E-state index in [1.54, 1.807) is 0 Å². The summed E-state index contributed by atoms with van der Waals surface area (Å²) in [6.45, 7) is 7.85. The molecule has 1 aromatic rings. The SMILES string of the molecule is CCCCCC(C)(C)CNc1cccc(Br)n1. The van der Waals surface area contributed by atoms with E-state index in [9.17, 15) is 0 Å². The second kappa shape index (κ2) is 7.00. The molecule has 96 valence electrons. The number of unbranched alkanes of at least 4 members (excludes halogenated alkanes) is 2. The zero-order valence-electron chi connectivity index (χ0n) is 11.1. The number of rotatable bonds is 7. The number of nitrogens with one attached hydrogen (secondary N) is 1. The first-order valence-electron chi connectivity index (χ1n) is 6.40. The maximum Gasteiger partial charge on any atom is 0.127 e. The highest BCUT2D eigenvalue weighted by Gasteiger charge is 2.16. The highest BCUT2D eigenvalue weighted by atomic mass is 79.9. The minimum absolute atomic E-state index is 0.333. The van der Waals surface area contributed by atoms with Gasteiger partial charge < -0.3 is 5.32 Å². The Morgan fingerprint density at radius 3 is 2.71 bits per heavy atom. The smallest absolute Gasteiger partial charge is 0.127 e. The summed E-state index contributed by atoms with van der Waals surface area (Å²) in [5.41, 5.74) is 0.333. The third-order valence-electron chi connectivity index (χ3n) is 2.92. The summed E-state index contributed by atoms with van der Waals surface area (Å²) in [5.74, 6) is 0.947. The topological polar surface area (TPSA) is 24.9 Å². The summed E-state index contributed by atoms with van der Waals surface area (Å²) < 4.78 is 0.881. The molecule has 0 aromatic carbocycles. The normalized spacial score (nSPS) is 11.5. The largest absolute Gasteiger partial charge is 0.370 e. The minimum atomic E-state index is 0.333. The summed E-state index contributed by atoms with van der Waals surface area (Å²) in [6.07, 6.45) is 5.20. The van der Waals surface area contributed by atoms with Gasteiger partial charge in [-0.15, -0.1) is 0 Å². The van der Waals surface area contributed by atoms with Gasteiger partial charge in [-0.3, -0.25) is 0 Å². The quantitative estimate of drug-likeness (QED) is 0.574. The Bertz CT molecular complexity index is 337. The Morgan fingerprint density at radius 2 is 2.06 bits per heavy atom. The van der Waals surface area contributed by atoms with Crippen molar-refractivity contribution >= 4 is 21.7 Å². The third-order valence-corrected chi connectivity index (χ3v) is 3.36. The van der Waals surface area contributed by atoms with Crippen LogP contribution in [0.3, 0.4) is 0 Å². The maximum atomic E-state index is 4.38. The van der Waals surface area contributed by atoms with Crippen LogP contribution in [0, 0.1) is 5.41 Å². The zero-order chi connectivity index (χ0) is 12.7. The van der Waals surface area contributed by atoms with Gasteiger partial charge in [-0.25, -0.2) is 4.98 Å². The van der Waals surface area contributed by atoms with Crippen LogP contribution in [0.1, 0.15) is 46.5 Å². The Morgan fingerprint density at radius 1 is 1.29 bits per heavy atom. The third kappa shape index (κ3) is 6.06. The Balaban J connectivity index is 2.38. The molecule has 0 amide bonds. The van der Waals surface area contributed by atoms with Crippen LogP contribution in [0.4, 0.5) is 5.82 Å². The van der Waals surface area contributed by atoms with Crippen molar-refractivity contribution < 1.29 is 0 Å². The van der Waals surface area contributed by atoms with Gasteiger partial charge in [0.1, 0.15) is 10.4 Å². The van der Waals surface area contributed by atoms with Gasteiger partial charge in [-0.2, -0.15) is 0 Å². The van der Waals surface area contributed by atoms with E-state index in [-0.39, 0.29) is 0 Å². The van der Waals surface area contributed by atoms with E-state index in [4.69, 9.17) is 0 Å². The zero-order valence-corrected chi connectivity index (χ0v) is 12.7. The fourth-order valence-electron chi connectivity index (χ4n) is 1.78. The van der Waals surface area contributed by atoms with Gasteiger partial charge in [0.2, 0.25) is 0 Å². The first kappa shape index (κ1) is 14.5. The average molecular weight is 299 g/mol. The Labute approximate surface area is 113 Å². The van der Waals surface area contributed by atoms with Crippen LogP contribution in [0.2, 0.25) is 0 Å². The van der Waals surface area contributed by atoms with Crippen molar-refractivity contribution in [1.29, 1.82) is 0 Å². The molecule has 0 aliphatic rings. The molecule has 3 heteroatoms. The van der Waals surface area contributed by atoms with Crippen molar-refractivity contribution in [2.45, 2.75) is 46.5 Å². The van der Waals surface area contributed by atoms with Crippen LogP contribution in [-0.4, -0.2) is 11.5 Å². The van der Waals surface area contributed by atoms with Crippen LogP contribution in [0.25, 0.3) is 0 Å². The maximum absolute atomic E-state index is 4.38. The Kier molecular flexibility index (Phi) is 5.96. The summed E-state index contributed by atoms with van der Waals surface area (Å²) in [7, 11) is 0. The van der Waals surface area contributed by atoms with Crippen LogP contribution in [0.15, 0.2) is 22.8 Å². The summed E-state index contributed by atoms with van der Waals surface area (Å²) in [4.78, 5) is 4.38. The fraction of sp³-hybridized carbons (Fsp3) is 0.643. The molecule has 0 atom stereocenters. The minimum Gasteiger partial charge on any atom is -0.370 e. The standard InChI is InChI=1S/C14H23BrN2/c1-4-5-6-10-14(2,3)11-16-13-9-7-8-12(15)17-13/h7-9H,4-6,10-11H2,1-3H3,(H,16,17). The molecule has 0 aliphatic carbocycles. The Hall–Kier alpha value is -0.570. The number of anilines is 1. The van der Waals surface area contributed by atoms with Crippen molar-refractivity contribution in [1.82, 2.24) is 4.98 Å². The van der Waals surface area contributed by atoms with Crippen molar-refractivity contribution in [2.75, 3.05) is 11.9 Å². The number of hydrogen-bond acceptors (Lipinski definition) is 2. The second-order valence-corrected chi connectivity index (χ2v) is 6.13. The number of nitrogens with zero attached hydrogens (tertiary/aromatic N) is 1. The monoisotopic (exact) mass is 298 g/mol. The van der Waals surface area contributed by atoms with E-state index in [0.717, 1.165) is 17.0 Å². The average Bonchev–Trinajstić information content (AvgIpc) is 2.27. The number of halogens is 1. The van der Waals surface area contributed by atoms with Gasteiger partial charge in [0.25, 0.3) is 0 Å². The molecule has 0 fully saturated rings. The number of hydrogen-bond donors (Lipinski definition) is 1. The lowest BCUT2D eigenvalue weighted by Crippen LogP contribution is -2.23. The van der Waals surface area contributed by atoms with Crippen molar-refractivity contribution in [2.24, 2.45) is 5.41 Å². The lowest BCUT2D eigenvalue weighted by atomic mass is 9.87. The van der Waals surface area contributed by atoms with E-state index in [1.807, 2.05) is 18.2 Å².